The summed E-state index contributed by atoms with van der Waals surface area (Å²) in [5.74, 6) is 0.0625. The monoisotopic (exact) mass is 520 g/mol. The molecule has 4 aromatic rings. The van der Waals surface area contributed by atoms with E-state index in [9.17, 15) is 19.2 Å². The van der Waals surface area contributed by atoms with Gasteiger partial charge in [-0.15, -0.1) is 0 Å². The van der Waals surface area contributed by atoms with E-state index in [1.54, 1.807) is 22.8 Å². The van der Waals surface area contributed by atoms with Gasteiger partial charge in [0.15, 0.2) is 11.2 Å². The van der Waals surface area contributed by atoms with Crippen LogP contribution >= 0.6 is 0 Å². The Morgan fingerprint density at radius 3 is 2.24 bits per heavy atom. The molecule has 2 aromatic carbocycles. The zero-order valence-corrected chi connectivity index (χ0v) is 22.2. The first kappa shape index (κ1) is 25.7. The fraction of sp³-hybridized carbons (Fsp3) is 0.393. The highest BCUT2D eigenvalue weighted by molar-refractivity contribution is 5.74. The maximum absolute atomic E-state index is 14.6. The van der Waals surface area contributed by atoms with Crippen LogP contribution in [0.3, 0.4) is 0 Å². The second kappa shape index (κ2) is 9.75. The Balaban J connectivity index is 1.43. The molecule has 0 atom stereocenters. The predicted molar refractivity (Wildman–Crippen MR) is 145 cm³/mol. The van der Waals surface area contributed by atoms with Crippen LogP contribution in [-0.2, 0) is 25.6 Å². The summed E-state index contributed by atoms with van der Waals surface area (Å²) >= 11 is 0. The lowest BCUT2D eigenvalue weighted by Crippen LogP contribution is -2.47. The number of aromatic nitrogens is 4. The zero-order chi connectivity index (χ0) is 27.2. The highest BCUT2D eigenvalue weighted by Gasteiger charge is 2.27. The summed E-state index contributed by atoms with van der Waals surface area (Å²) in [6.45, 7) is 10.3. The van der Waals surface area contributed by atoms with Crippen molar-refractivity contribution >= 4 is 17.1 Å². The molecule has 1 fully saturated rings. The molecule has 38 heavy (non-hydrogen) atoms. The van der Waals surface area contributed by atoms with Crippen molar-refractivity contribution in [1.29, 1.82) is 0 Å². The fourth-order valence-electron chi connectivity index (χ4n) is 4.96. The number of benzene rings is 2. The van der Waals surface area contributed by atoms with Gasteiger partial charge in [-0.3, -0.25) is 18.8 Å². The smallest absolute Gasteiger partial charge is 0.365 e. The molecule has 1 N–H and O–H groups in total. The number of anilines is 1. The van der Waals surface area contributed by atoms with Gasteiger partial charge < -0.3 is 10.1 Å². The molecule has 5 rings (SSSR count). The molecule has 0 radical (unpaired) electrons. The summed E-state index contributed by atoms with van der Waals surface area (Å²) in [4.78, 5) is 34.4. The van der Waals surface area contributed by atoms with Crippen LogP contribution in [0, 0.1) is 5.82 Å². The summed E-state index contributed by atoms with van der Waals surface area (Å²) in [6, 6.07) is 15.1. The molecule has 9 nitrogen and oxygen atoms in total. The number of hydrogen-bond donors (Lipinski definition) is 1. The number of halogens is 1. The van der Waals surface area contributed by atoms with Gasteiger partial charge in [0.2, 0.25) is 5.95 Å². The molecule has 2 aromatic heterocycles. The molecule has 1 aliphatic rings. The number of piperazine rings is 1. The zero-order valence-electron chi connectivity index (χ0n) is 22.2. The molecule has 10 heteroatoms. The van der Waals surface area contributed by atoms with Gasteiger partial charge in [0.05, 0.1) is 6.54 Å². The summed E-state index contributed by atoms with van der Waals surface area (Å²) in [7, 11) is 1.45. The Morgan fingerprint density at radius 2 is 1.61 bits per heavy atom. The van der Waals surface area contributed by atoms with Crippen molar-refractivity contribution in [2.24, 2.45) is 7.05 Å². The van der Waals surface area contributed by atoms with Crippen LogP contribution in [0.1, 0.15) is 37.5 Å². The van der Waals surface area contributed by atoms with Crippen LogP contribution < -0.4 is 16.1 Å². The number of hydrogen-bond acceptors (Lipinski definition) is 6. The second-order valence-corrected chi connectivity index (χ2v) is 10.9. The van der Waals surface area contributed by atoms with Gasteiger partial charge >= 0.3 is 11.2 Å². The molecular weight excluding hydrogens is 487 g/mol. The standard InChI is InChI=1S/C28H33FN6O3/c1-28(2,3)21-11-9-19(10-12-21)17-32-13-15-33(16-14-32)26-30-24-23(25(36)35(38)27(37)31(24)4)34(26)18-20-7-5-6-8-22(20)29/h5-12,38H,13-18H2,1-4H3. The van der Waals surface area contributed by atoms with Crippen LogP contribution in [0.15, 0.2) is 58.1 Å². The summed E-state index contributed by atoms with van der Waals surface area (Å²) in [5, 5.41) is 10.1. The first-order valence-corrected chi connectivity index (χ1v) is 12.8. The average Bonchev–Trinajstić information content (AvgIpc) is 3.27. The number of imidazole rings is 1. The van der Waals surface area contributed by atoms with Gasteiger partial charge in [-0.1, -0.05) is 68.0 Å². The Labute approximate surface area is 219 Å². The van der Waals surface area contributed by atoms with Crippen molar-refractivity contribution in [2.75, 3.05) is 31.1 Å². The first-order chi connectivity index (χ1) is 18.0. The van der Waals surface area contributed by atoms with E-state index in [0.717, 1.165) is 24.2 Å². The van der Waals surface area contributed by atoms with E-state index in [2.05, 4.69) is 54.9 Å². The largest absolute Gasteiger partial charge is 0.421 e. The average molecular weight is 521 g/mol. The highest BCUT2D eigenvalue weighted by atomic mass is 19.1. The Bertz CT molecular complexity index is 1590. The predicted octanol–water partition coefficient (Wildman–Crippen LogP) is 2.94. The molecule has 0 bridgehead atoms. The first-order valence-electron chi connectivity index (χ1n) is 12.8. The summed E-state index contributed by atoms with van der Waals surface area (Å²) < 4.78 is 17.4. The minimum atomic E-state index is -0.883. The van der Waals surface area contributed by atoms with Gasteiger partial charge in [-0.25, -0.2) is 9.18 Å². The van der Waals surface area contributed by atoms with Crippen LogP contribution in [0.2, 0.25) is 0 Å². The fourth-order valence-corrected chi connectivity index (χ4v) is 4.96. The van der Waals surface area contributed by atoms with Crippen molar-refractivity contribution in [3.63, 3.8) is 0 Å². The molecule has 0 unspecified atom stereocenters. The normalized spacial score (nSPS) is 14.9. The van der Waals surface area contributed by atoms with Gasteiger partial charge in [0.1, 0.15) is 5.82 Å². The second-order valence-electron chi connectivity index (χ2n) is 10.9. The highest BCUT2D eigenvalue weighted by Crippen LogP contribution is 2.25. The third-order valence-corrected chi connectivity index (χ3v) is 7.28. The Morgan fingerprint density at radius 1 is 0.947 bits per heavy atom. The maximum Gasteiger partial charge on any atom is 0.365 e. The van der Waals surface area contributed by atoms with Crippen molar-refractivity contribution in [3.05, 3.63) is 91.9 Å². The van der Waals surface area contributed by atoms with Crippen LogP contribution in [-0.4, -0.2) is 55.1 Å². The van der Waals surface area contributed by atoms with Crippen molar-refractivity contribution < 1.29 is 9.60 Å². The number of rotatable bonds is 5. The van der Waals surface area contributed by atoms with Crippen LogP contribution in [0.25, 0.3) is 11.2 Å². The third-order valence-electron chi connectivity index (χ3n) is 7.28. The molecule has 1 saturated heterocycles. The quantitative estimate of drug-likeness (QED) is 0.407. The third kappa shape index (κ3) is 4.71. The van der Waals surface area contributed by atoms with E-state index in [4.69, 9.17) is 0 Å². The maximum atomic E-state index is 14.6. The Hall–Kier alpha value is -3.92. The summed E-state index contributed by atoms with van der Waals surface area (Å²) in [5.41, 5.74) is 1.48. The van der Waals surface area contributed by atoms with Gasteiger partial charge in [0, 0.05) is 45.3 Å². The molecule has 200 valence electrons. The van der Waals surface area contributed by atoms with E-state index < -0.39 is 17.1 Å². The minimum Gasteiger partial charge on any atom is -0.421 e. The van der Waals surface area contributed by atoms with E-state index in [1.165, 1.54) is 24.2 Å². The van der Waals surface area contributed by atoms with Gasteiger partial charge in [0.25, 0.3) is 0 Å². The molecule has 0 amide bonds. The lowest BCUT2D eigenvalue weighted by atomic mass is 9.87. The van der Waals surface area contributed by atoms with Gasteiger partial charge in [-0.2, -0.15) is 4.98 Å². The number of aryl methyl sites for hydroxylation is 1. The molecule has 0 aliphatic carbocycles. The molecule has 1 aliphatic heterocycles. The molecular formula is C28H33FN6O3. The van der Waals surface area contributed by atoms with Gasteiger partial charge in [-0.05, 0) is 22.6 Å². The Kier molecular flexibility index (Phi) is 6.60. The van der Waals surface area contributed by atoms with E-state index >= 15 is 0 Å². The minimum absolute atomic E-state index is 0.0340. The van der Waals surface area contributed by atoms with E-state index in [1.807, 2.05) is 4.90 Å². The SMILES string of the molecule is Cn1c(=O)n(O)c(=O)c2c1nc(N1CCN(Cc3ccc(C(C)(C)C)cc3)CC1)n2Cc1ccccc1F. The lowest BCUT2D eigenvalue weighted by molar-refractivity contribution is 0.158. The summed E-state index contributed by atoms with van der Waals surface area (Å²) in [6.07, 6.45) is 0. The topological polar surface area (TPSA) is 88.5 Å². The van der Waals surface area contributed by atoms with Crippen LogP contribution in [0.4, 0.5) is 10.3 Å². The molecule has 0 spiro atoms. The van der Waals surface area contributed by atoms with Crippen molar-refractivity contribution in [3.8, 4) is 0 Å². The lowest BCUT2D eigenvalue weighted by Gasteiger charge is -2.35. The number of nitrogens with zero attached hydrogens (tertiary/aromatic N) is 6. The van der Waals surface area contributed by atoms with Crippen molar-refractivity contribution in [1.82, 2.24) is 23.7 Å². The van der Waals surface area contributed by atoms with E-state index in [0.29, 0.717) is 24.6 Å². The van der Waals surface area contributed by atoms with Crippen LogP contribution in [0.5, 0.6) is 0 Å². The van der Waals surface area contributed by atoms with E-state index in [-0.39, 0.29) is 27.9 Å². The molecule has 3 heterocycles. The molecule has 0 saturated carbocycles. The number of fused-ring (bicyclic) bond motifs is 1. The van der Waals surface area contributed by atoms with Crippen molar-refractivity contribution in [2.45, 2.75) is 39.3 Å².